The normalized spacial score (nSPS) is 11.6. The van der Waals surface area contributed by atoms with Gasteiger partial charge in [0.15, 0.2) is 0 Å². The molecule has 1 aromatic heterocycles. The first kappa shape index (κ1) is 20.2. The highest BCUT2D eigenvalue weighted by Crippen LogP contribution is 2.30. The van der Waals surface area contributed by atoms with Gasteiger partial charge in [-0.15, -0.1) is 0 Å². The molecule has 29 heavy (non-hydrogen) atoms. The average molecular weight is 385 g/mol. The van der Waals surface area contributed by atoms with Gasteiger partial charge in [0.2, 0.25) is 0 Å². The summed E-state index contributed by atoms with van der Waals surface area (Å²) in [5.41, 5.74) is 6.13. The van der Waals surface area contributed by atoms with Crippen molar-refractivity contribution >= 4 is 5.91 Å². The second kappa shape index (κ2) is 8.68. The Morgan fingerprint density at radius 3 is 2.48 bits per heavy atom. The van der Waals surface area contributed by atoms with Crippen LogP contribution in [0, 0.1) is 25.2 Å². The number of rotatable bonds is 5. The molecule has 0 aliphatic heterocycles. The summed E-state index contributed by atoms with van der Waals surface area (Å²) in [5, 5.41) is 21.6. The molecule has 5 heteroatoms. The van der Waals surface area contributed by atoms with E-state index >= 15 is 0 Å². The Bertz CT molecular complexity index is 1080. The molecule has 0 aliphatic rings. The molecule has 3 rings (SSSR count). The van der Waals surface area contributed by atoms with Crippen LogP contribution < -0.4 is 5.32 Å². The number of nitrogens with zero attached hydrogens (tertiary/aromatic N) is 2. The molecule has 1 unspecified atom stereocenters. The molecule has 1 amide bonds. The maximum atomic E-state index is 12.7. The number of nitrogens with one attached hydrogen (secondary N) is 1. The number of hydrogen-bond acceptors (Lipinski definition) is 4. The number of aliphatic hydroxyl groups excluding tert-OH is 1. The van der Waals surface area contributed by atoms with Crippen LogP contribution >= 0.6 is 0 Å². The molecule has 2 N–H and O–H groups in total. The third kappa shape index (κ3) is 4.68. The van der Waals surface area contributed by atoms with Crippen LogP contribution in [0.15, 0.2) is 54.7 Å². The Balaban J connectivity index is 2.18. The lowest BCUT2D eigenvalue weighted by Crippen LogP contribution is -2.35. The predicted octanol–water partition coefficient (Wildman–Crippen LogP) is 4.01. The van der Waals surface area contributed by atoms with E-state index in [0.717, 1.165) is 33.5 Å². The van der Waals surface area contributed by atoms with E-state index in [0.29, 0.717) is 11.1 Å². The summed E-state index contributed by atoms with van der Waals surface area (Å²) in [6.07, 6.45) is 1.78. The van der Waals surface area contributed by atoms with E-state index in [1.807, 2.05) is 44.2 Å². The van der Waals surface area contributed by atoms with Gasteiger partial charge in [-0.1, -0.05) is 23.8 Å². The van der Waals surface area contributed by atoms with Crippen molar-refractivity contribution in [2.75, 3.05) is 6.61 Å². The predicted molar refractivity (Wildman–Crippen MR) is 113 cm³/mol. The molecule has 0 saturated heterocycles. The van der Waals surface area contributed by atoms with Crippen molar-refractivity contribution in [3.05, 3.63) is 77.0 Å². The van der Waals surface area contributed by atoms with Crippen LogP contribution in [0.2, 0.25) is 0 Å². The highest BCUT2D eigenvalue weighted by Gasteiger charge is 2.15. The summed E-state index contributed by atoms with van der Waals surface area (Å²) >= 11 is 0. The first-order valence-corrected chi connectivity index (χ1v) is 9.42. The van der Waals surface area contributed by atoms with Gasteiger partial charge in [-0.25, -0.2) is 0 Å². The zero-order valence-electron chi connectivity index (χ0n) is 16.7. The Kier molecular flexibility index (Phi) is 6.06. The van der Waals surface area contributed by atoms with Crippen LogP contribution in [0.25, 0.3) is 22.4 Å². The molecule has 0 fully saturated rings. The molecule has 1 heterocycles. The molecule has 0 radical (unpaired) electrons. The number of carbonyl (C=O) groups excluding carboxylic acids is 1. The van der Waals surface area contributed by atoms with Gasteiger partial charge in [-0.3, -0.25) is 9.78 Å². The fraction of sp³-hybridized carbons (Fsp3) is 0.208. The number of carbonyl (C=O) groups is 1. The Labute approximate surface area is 170 Å². The van der Waals surface area contributed by atoms with Gasteiger partial charge in [0.05, 0.1) is 23.9 Å². The molecule has 0 spiro atoms. The lowest BCUT2D eigenvalue weighted by molar-refractivity contribution is 0.0922. The number of nitriles is 1. The Hall–Kier alpha value is -3.49. The van der Waals surface area contributed by atoms with E-state index in [9.17, 15) is 15.2 Å². The smallest absolute Gasteiger partial charge is 0.251 e. The summed E-state index contributed by atoms with van der Waals surface area (Å²) < 4.78 is 0. The SMILES string of the molecule is Cc1ccc(-c2cc(C(=O)NC(C)CO)cc(-c3cc(C)ccc3C#N)c2)nc1. The van der Waals surface area contributed by atoms with Crippen molar-refractivity contribution in [3.63, 3.8) is 0 Å². The summed E-state index contributed by atoms with van der Waals surface area (Å²) in [4.78, 5) is 17.2. The van der Waals surface area contributed by atoms with Crippen molar-refractivity contribution in [2.45, 2.75) is 26.8 Å². The van der Waals surface area contributed by atoms with E-state index < -0.39 is 0 Å². The van der Waals surface area contributed by atoms with Crippen LogP contribution in [0.1, 0.15) is 34.0 Å². The number of pyridine rings is 1. The van der Waals surface area contributed by atoms with Gasteiger partial charge in [0, 0.05) is 23.4 Å². The van der Waals surface area contributed by atoms with Gasteiger partial charge in [-0.05, 0) is 67.8 Å². The van der Waals surface area contributed by atoms with Gasteiger partial charge < -0.3 is 10.4 Å². The highest BCUT2D eigenvalue weighted by molar-refractivity contribution is 5.97. The lowest BCUT2D eigenvalue weighted by Gasteiger charge is -2.14. The Morgan fingerprint density at radius 2 is 1.83 bits per heavy atom. The van der Waals surface area contributed by atoms with E-state index in [1.54, 1.807) is 31.3 Å². The molecule has 1 atom stereocenters. The van der Waals surface area contributed by atoms with Crippen molar-refractivity contribution < 1.29 is 9.90 Å². The molecule has 0 saturated carbocycles. The largest absolute Gasteiger partial charge is 0.394 e. The fourth-order valence-corrected chi connectivity index (χ4v) is 3.05. The number of aryl methyl sites for hydroxylation is 2. The second-order valence-electron chi connectivity index (χ2n) is 7.24. The molecule has 146 valence electrons. The molecule has 0 aliphatic carbocycles. The maximum Gasteiger partial charge on any atom is 0.251 e. The highest BCUT2D eigenvalue weighted by atomic mass is 16.3. The number of hydrogen-bond donors (Lipinski definition) is 2. The number of amides is 1. The van der Waals surface area contributed by atoms with E-state index in [4.69, 9.17) is 0 Å². The minimum absolute atomic E-state index is 0.145. The third-order valence-corrected chi connectivity index (χ3v) is 4.66. The van der Waals surface area contributed by atoms with E-state index in [-0.39, 0.29) is 18.6 Å². The van der Waals surface area contributed by atoms with Gasteiger partial charge >= 0.3 is 0 Å². The van der Waals surface area contributed by atoms with E-state index in [2.05, 4.69) is 16.4 Å². The minimum atomic E-state index is -0.360. The summed E-state index contributed by atoms with van der Waals surface area (Å²) in [6, 6.07) is 16.9. The molecule has 5 nitrogen and oxygen atoms in total. The van der Waals surface area contributed by atoms with Crippen LogP contribution in [-0.4, -0.2) is 28.6 Å². The third-order valence-electron chi connectivity index (χ3n) is 4.66. The van der Waals surface area contributed by atoms with Gasteiger partial charge in [0.25, 0.3) is 5.91 Å². The topological polar surface area (TPSA) is 86.0 Å². The summed E-state index contributed by atoms with van der Waals surface area (Å²) in [5.74, 6) is -0.284. The summed E-state index contributed by atoms with van der Waals surface area (Å²) in [6.45, 7) is 5.52. The molecular weight excluding hydrogens is 362 g/mol. The molecule has 3 aromatic rings. The molecule has 2 aromatic carbocycles. The second-order valence-corrected chi connectivity index (χ2v) is 7.24. The number of benzene rings is 2. The zero-order chi connectivity index (χ0) is 21.0. The standard InChI is InChI=1S/C24H23N3O2/c1-15-4-6-18(12-25)22(8-15)19-9-20(23-7-5-16(2)13-26-23)11-21(10-19)24(29)27-17(3)14-28/h4-11,13,17,28H,14H2,1-3H3,(H,27,29). The van der Waals surface area contributed by atoms with Crippen LogP contribution in [0.5, 0.6) is 0 Å². The Morgan fingerprint density at radius 1 is 1.10 bits per heavy atom. The fourth-order valence-electron chi connectivity index (χ4n) is 3.05. The van der Waals surface area contributed by atoms with Crippen LogP contribution in [0.3, 0.4) is 0 Å². The first-order chi connectivity index (χ1) is 13.9. The van der Waals surface area contributed by atoms with Gasteiger partial charge in [0.1, 0.15) is 0 Å². The first-order valence-electron chi connectivity index (χ1n) is 9.42. The van der Waals surface area contributed by atoms with E-state index in [1.165, 1.54) is 0 Å². The molecular formula is C24H23N3O2. The quantitative estimate of drug-likeness (QED) is 0.695. The van der Waals surface area contributed by atoms with Crippen LogP contribution in [-0.2, 0) is 0 Å². The van der Waals surface area contributed by atoms with Crippen molar-refractivity contribution in [1.82, 2.24) is 10.3 Å². The molecule has 0 bridgehead atoms. The monoisotopic (exact) mass is 385 g/mol. The minimum Gasteiger partial charge on any atom is -0.394 e. The van der Waals surface area contributed by atoms with Crippen molar-refractivity contribution in [2.24, 2.45) is 0 Å². The van der Waals surface area contributed by atoms with Crippen molar-refractivity contribution in [3.8, 4) is 28.5 Å². The average Bonchev–Trinajstić information content (AvgIpc) is 2.73. The lowest BCUT2D eigenvalue weighted by atomic mass is 9.93. The summed E-state index contributed by atoms with van der Waals surface area (Å²) in [7, 11) is 0. The zero-order valence-corrected chi connectivity index (χ0v) is 16.7. The number of aliphatic hydroxyl groups is 1. The number of aromatic nitrogens is 1. The van der Waals surface area contributed by atoms with Gasteiger partial charge in [-0.2, -0.15) is 5.26 Å². The van der Waals surface area contributed by atoms with Crippen LogP contribution in [0.4, 0.5) is 0 Å². The van der Waals surface area contributed by atoms with Crippen molar-refractivity contribution in [1.29, 1.82) is 5.26 Å². The maximum absolute atomic E-state index is 12.7.